The van der Waals surface area contributed by atoms with Crippen LogP contribution in [-0.4, -0.2) is 14.8 Å². The van der Waals surface area contributed by atoms with E-state index in [0.717, 1.165) is 11.6 Å². The van der Waals surface area contributed by atoms with Crippen molar-refractivity contribution < 1.29 is 0 Å². The van der Waals surface area contributed by atoms with Gasteiger partial charge in [-0.25, -0.2) is 9.67 Å². The Morgan fingerprint density at radius 3 is 2.45 bits per heavy atom. The summed E-state index contributed by atoms with van der Waals surface area (Å²) in [6, 6.07) is 0. The molecule has 0 radical (unpaired) electrons. The first-order valence-corrected chi connectivity index (χ1v) is 3.68. The van der Waals surface area contributed by atoms with Crippen molar-refractivity contribution in [3.63, 3.8) is 0 Å². The molecule has 0 bridgehead atoms. The Morgan fingerprint density at radius 2 is 2.18 bits per heavy atom. The third kappa shape index (κ3) is 1.48. The second kappa shape index (κ2) is 2.86. The Hall–Kier alpha value is -1.12. The number of rotatable bonds is 2. The predicted octanol–water partition coefficient (Wildman–Crippen LogP) is 1.58. The largest absolute Gasteiger partial charge is 0.249 e. The molecule has 0 fully saturated rings. The third-order valence-electron chi connectivity index (χ3n) is 1.51. The van der Waals surface area contributed by atoms with Crippen LogP contribution in [0.3, 0.4) is 0 Å². The minimum Gasteiger partial charge on any atom is -0.249 e. The van der Waals surface area contributed by atoms with Crippen LogP contribution in [0.5, 0.6) is 0 Å². The lowest BCUT2D eigenvalue weighted by molar-refractivity contribution is 0.706. The Labute approximate surface area is 66.8 Å². The van der Waals surface area contributed by atoms with Gasteiger partial charge in [0, 0.05) is 13.0 Å². The quantitative estimate of drug-likeness (QED) is 0.642. The van der Waals surface area contributed by atoms with Crippen LogP contribution in [0.2, 0.25) is 0 Å². The molecule has 1 heterocycles. The Morgan fingerprint density at radius 1 is 1.55 bits per heavy atom. The van der Waals surface area contributed by atoms with Crippen LogP contribution in [0.4, 0.5) is 0 Å². The second-order valence-electron chi connectivity index (χ2n) is 2.81. The molecule has 1 rings (SSSR count). The van der Waals surface area contributed by atoms with Crippen LogP contribution in [-0.2, 0) is 7.05 Å². The molecule has 11 heavy (non-hydrogen) atoms. The van der Waals surface area contributed by atoms with Gasteiger partial charge in [-0.15, -0.1) is 0 Å². The molecule has 0 saturated carbocycles. The van der Waals surface area contributed by atoms with Crippen LogP contribution < -0.4 is 0 Å². The smallest absolute Gasteiger partial charge is 0.153 e. The monoisotopic (exact) mass is 151 g/mol. The van der Waals surface area contributed by atoms with Crippen molar-refractivity contribution in [2.75, 3.05) is 0 Å². The van der Waals surface area contributed by atoms with Crippen molar-refractivity contribution in [3.05, 3.63) is 18.2 Å². The van der Waals surface area contributed by atoms with Gasteiger partial charge in [-0.1, -0.05) is 20.4 Å². The molecule has 0 aliphatic carbocycles. The van der Waals surface area contributed by atoms with Crippen LogP contribution in [0, 0.1) is 0 Å². The molecule has 0 N–H and O–H groups in total. The van der Waals surface area contributed by atoms with E-state index in [9.17, 15) is 0 Å². The van der Waals surface area contributed by atoms with Crippen molar-refractivity contribution in [2.45, 2.75) is 19.8 Å². The van der Waals surface area contributed by atoms with Gasteiger partial charge in [0.2, 0.25) is 0 Å². The summed E-state index contributed by atoms with van der Waals surface area (Å²) < 4.78 is 1.74. The number of hydrogen-bond donors (Lipinski definition) is 0. The van der Waals surface area contributed by atoms with E-state index in [-0.39, 0.29) is 0 Å². The molecule has 3 nitrogen and oxygen atoms in total. The molecule has 0 amide bonds. The molecule has 0 aliphatic heterocycles. The summed E-state index contributed by atoms with van der Waals surface area (Å²) in [7, 11) is 1.87. The van der Waals surface area contributed by atoms with Gasteiger partial charge in [-0.2, -0.15) is 5.10 Å². The van der Waals surface area contributed by atoms with Gasteiger partial charge in [0.05, 0.1) is 0 Å². The molecule has 0 aliphatic rings. The fourth-order valence-corrected chi connectivity index (χ4v) is 0.839. The van der Waals surface area contributed by atoms with E-state index in [1.807, 2.05) is 7.05 Å². The molecule has 3 heteroatoms. The zero-order valence-electron chi connectivity index (χ0n) is 7.20. The molecular formula is C8H13N3. The van der Waals surface area contributed by atoms with Crippen LogP contribution >= 0.6 is 0 Å². The summed E-state index contributed by atoms with van der Waals surface area (Å²) in [5.41, 5.74) is 0. The van der Waals surface area contributed by atoms with Crippen LogP contribution in [0.25, 0.3) is 6.08 Å². The maximum atomic E-state index is 4.26. The van der Waals surface area contributed by atoms with Crippen molar-refractivity contribution in [1.82, 2.24) is 14.8 Å². The van der Waals surface area contributed by atoms with Crippen molar-refractivity contribution in [1.29, 1.82) is 0 Å². The van der Waals surface area contributed by atoms with Crippen molar-refractivity contribution in [2.24, 2.45) is 7.05 Å². The number of aromatic nitrogens is 3. The molecule has 1 aromatic rings. The van der Waals surface area contributed by atoms with E-state index in [1.165, 1.54) is 0 Å². The lowest BCUT2D eigenvalue weighted by atomic mass is 10.2. The topological polar surface area (TPSA) is 30.7 Å². The van der Waals surface area contributed by atoms with Gasteiger partial charge in [0.15, 0.2) is 5.82 Å². The number of aryl methyl sites for hydroxylation is 1. The minimum absolute atomic E-state index is 0.384. The van der Waals surface area contributed by atoms with Crippen molar-refractivity contribution in [3.8, 4) is 0 Å². The maximum absolute atomic E-state index is 4.26. The Bertz CT molecular complexity index is 260. The summed E-state index contributed by atoms with van der Waals surface area (Å²) in [4.78, 5) is 4.26. The predicted molar refractivity (Wildman–Crippen MR) is 45.2 cm³/mol. The number of hydrogen-bond acceptors (Lipinski definition) is 2. The van der Waals surface area contributed by atoms with Gasteiger partial charge in [-0.05, 0) is 6.08 Å². The molecule has 0 spiro atoms. The fourth-order valence-electron chi connectivity index (χ4n) is 0.839. The molecule has 0 unspecified atom stereocenters. The maximum Gasteiger partial charge on any atom is 0.153 e. The zero-order valence-corrected chi connectivity index (χ0v) is 7.20. The second-order valence-corrected chi connectivity index (χ2v) is 2.81. The third-order valence-corrected chi connectivity index (χ3v) is 1.51. The van der Waals surface area contributed by atoms with E-state index in [4.69, 9.17) is 0 Å². The Kier molecular flexibility index (Phi) is 2.08. The fraction of sp³-hybridized carbons (Fsp3) is 0.500. The van der Waals surface area contributed by atoms with Crippen LogP contribution in [0.1, 0.15) is 31.4 Å². The molecule has 60 valence electrons. The first kappa shape index (κ1) is 7.98. The van der Waals surface area contributed by atoms with Gasteiger partial charge >= 0.3 is 0 Å². The highest BCUT2D eigenvalue weighted by Crippen LogP contribution is 2.09. The van der Waals surface area contributed by atoms with Gasteiger partial charge in [0.1, 0.15) is 5.82 Å². The molecule has 0 aromatic carbocycles. The van der Waals surface area contributed by atoms with E-state index < -0.39 is 0 Å². The molecule has 1 aromatic heterocycles. The first-order chi connectivity index (χ1) is 5.15. The minimum atomic E-state index is 0.384. The van der Waals surface area contributed by atoms with E-state index >= 15 is 0 Å². The SMILES string of the molecule is C=Cc1nc(C(C)C)nn1C. The highest BCUT2D eigenvalue weighted by atomic mass is 15.3. The Balaban J connectivity index is 3.04. The van der Waals surface area contributed by atoms with Gasteiger partial charge in [0.25, 0.3) is 0 Å². The summed E-state index contributed by atoms with van der Waals surface area (Å²) in [5.74, 6) is 2.09. The van der Waals surface area contributed by atoms with Gasteiger partial charge < -0.3 is 0 Å². The lowest BCUT2D eigenvalue weighted by Gasteiger charge is -1.93. The summed E-state index contributed by atoms with van der Waals surface area (Å²) in [6.07, 6.45) is 1.71. The van der Waals surface area contributed by atoms with Crippen molar-refractivity contribution >= 4 is 6.08 Å². The van der Waals surface area contributed by atoms with Crippen LogP contribution in [0.15, 0.2) is 6.58 Å². The summed E-state index contributed by atoms with van der Waals surface area (Å²) in [6.45, 7) is 7.78. The average Bonchev–Trinajstić information content (AvgIpc) is 2.31. The van der Waals surface area contributed by atoms with Gasteiger partial charge in [-0.3, -0.25) is 0 Å². The first-order valence-electron chi connectivity index (χ1n) is 3.68. The highest BCUT2D eigenvalue weighted by molar-refractivity contribution is 5.35. The summed E-state index contributed by atoms with van der Waals surface area (Å²) >= 11 is 0. The molecule has 0 atom stereocenters. The normalized spacial score (nSPS) is 10.5. The molecular weight excluding hydrogens is 138 g/mol. The van der Waals surface area contributed by atoms with E-state index in [0.29, 0.717) is 5.92 Å². The number of nitrogens with zero attached hydrogens (tertiary/aromatic N) is 3. The average molecular weight is 151 g/mol. The van der Waals surface area contributed by atoms with E-state index in [1.54, 1.807) is 10.8 Å². The lowest BCUT2D eigenvalue weighted by Crippen LogP contribution is -1.94. The van der Waals surface area contributed by atoms with E-state index in [2.05, 4.69) is 30.5 Å². The highest BCUT2D eigenvalue weighted by Gasteiger charge is 2.06. The standard InChI is InChI=1S/C8H13N3/c1-5-7-9-8(6(2)3)10-11(7)4/h5-6H,1H2,2-4H3. The summed E-state index contributed by atoms with van der Waals surface area (Å²) in [5, 5.41) is 4.22. The zero-order chi connectivity index (χ0) is 8.43. The molecule has 0 saturated heterocycles.